The van der Waals surface area contributed by atoms with Crippen LogP contribution in [0.5, 0.6) is 0 Å². The zero-order chi connectivity index (χ0) is 10.3. The Kier molecular flexibility index (Phi) is 6.28. The highest BCUT2D eigenvalue weighted by atomic mass is 32.2. The van der Waals surface area contributed by atoms with Crippen molar-refractivity contribution in [2.75, 3.05) is 25.7 Å². The van der Waals surface area contributed by atoms with Crippen LogP contribution in [0.25, 0.3) is 0 Å². The molecular weight excluding hydrogens is 190 g/mol. The average Bonchev–Trinajstić information content (AvgIpc) is 1.97. The van der Waals surface area contributed by atoms with Crippen LogP contribution in [0.1, 0.15) is 19.3 Å². The van der Waals surface area contributed by atoms with Crippen LogP contribution in [0.3, 0.4) is 0 Å². The lowest BCUT2D eigenvalue weighted by Crippen LogP contribution is -2.25. The van der Waals surface area contributed by atoms with E-state index in [1.807, 2.05) is 0 Å². The summed E-state index contributed by atoms with van der Waals surface area (Å²) in [4.78, 5) is 0. The second-order valence-electron chi connectivity index (χ2n) is 3.34. The van der Waals surface area contributed by atoms with Gasteiger partial charge in [0.15, 0.2) is 0 Å². The third-order valence-electron chi connectivity index (χ3n) is 1.72. The van der Waals surface area contributed by atoms with Crippen LogP contribution in [0.2, 0.25) is 0 Å². The maximum Gasteiger partial charge on any atom is 0.147 e. The summed E-state index contributed by atoms with van der Waals surface area (Å²) in [6.07, 6.45) is 3.61. The number of sulfone groups is 1. The number of methoxy groups -OCH3 is 1. The van der Waals surface area contributed by atoms with Gasteiger partial charge in [-0.25, -0.2) is 8.42 Å². The van der Waals surface area contributed by atoms with Gasteiger partial charge in [0.05, 0.1) is 6.61 Å². The first-order valence-electron chi connectivity index (χ1n) is 4.38. The fraction of sp³-hybridized carbons (Fsp3) is 1.00. The summed E-state index contributed by atoms with van der Waals surface area (Å²) in [6.45, 7) is 0.541. The van der Waals surface area contributed by atoms with Crippen molar-refractivity contribution in [3.8, 4) is 0 Å². The first-order valence-corrected chi connectivity index (χ1v) is 6.44. The molecule has 5 heteroatoms. The van der Waals surface area contributed by atoms with E-state index in [2.05, 4.69) is 0 Å². The first-order chi connectivity index (χ1) is 5.95. The molecule has 0 heterocycles. The Balaban J connectivity index is 3.36. The zero-order valence-electron chi connectivity index (χ0n) is 8.32. The summed E-state index contributed by atoms with van der Waals surface area (Å²) in [5, 5.41) is 0. The molecule has 0 aromatic rings. The monoisotopic (exact) mass is 209 g/mol. The summed E-state index contributed by atoms with van der Waals surface area (Å²) < 4.78 is 26.3. The predicted octanol–water partition coefficient (Wildman–Crippen LogP) is 0.175. The summed E-state index contributed by atoms with van der Waals surface area (Å²) >= 11 is 0. The largest absolute Gasteiger partial charge is 0.383 e. The normalized spacial score (nSPS) is 14.4. The van der Waals surface area contributed by atoms with Crippen molar-refractivity contribution in [2.45, 2.75) is 25.3 Å². The number of hydrogen-bond acceptors (Lipinski definition) is 4. The lowest BCUT2D eigenvalue weighted by Gasteiger charge is -2.08. The number of ether oxygens (including phenoxy) is 1. The molecule has 1 unspecified atom stereocenters. The van der Waals surface area contributed by atoms with Crippen LogP contribution in [0.15, 0.2) is 0 Å². The molecule has 1 atom stereocenters. The molecule has 0 saturated carbocycles. The fourth-order valence-corrected chi connectivity index (χ4v) is 1.80. The molecule has 2 N–H and O–H groups in total. The molecular formula is C8H19NO3S. The average molecular weight is 209 g/mol. The zero-order valence-corrected chi connectivity index (χ0v) is 9.14. The summed E-state index contributed by atoms with van der Waals surface area (Å²) in [5.41, 5.74) is 5.66. The Hall–Kier alpha value is -0.130. The van der Waals surface area contributed by atoms with E-state index in [-0.39, 0.29) is 11.8 Å². The van der Waals surface area contributed by atoms with Gasteiger partial charge in [0.2, 0.25) is 0 Å². The molecule has 0 rings (SSSR count). The molecule has 0 saturated heterocycles. The highest BCUT2D eigenvalue weighted by molar-refractivity contribution is 7.90. The van der Waals surface area contributed by atoms with Crippen LogP contribution in [0, 0.1) is 0 Å². The van der Waals surface area contributed by atoms with Gasteiger partial charge in [-0.1, -0.05) is 6.42 Å². The molecule has 0 bridgehead atoms. The van der Waals surface area contributed by atoms with Crippen LogP contribution in [-0.4, -0.2) is 40.2 Å². The minimum absolute atomic E-state index is 0.0320. The van der Waals surface area contributed by atoms with Gasteiger partial charge in [0.1, 0.15) is 9.84 Å². The SMILES string of the molecule is COCC(N)CCCCS(C)(=O)=O. The summed E-state index contributed by atoms with van der Waals surface area (Å²) in [5.74, 6) is 0.257. The fourth-order valence-electron chi connectivity index (χ4n) is 1.07. The van der Waals surface area contributed by atoms with Crippen LogP contribution < -0.4 is 5.73 Å². The molecule has 13 heavy (non-hydrogen) atoms. The van der Waals surface area contributed by atoms with Gasteiger partial charge in [-0.3, -0.25) is 0 Å². The summed E-state index contributed by atoms with van der Waals surface area (Å²) in [7, 11) is -1.20. The lowest BCUT2D eigenvalue weighted by atomic mass is 10.1. The molecule has 80 valence electrons. The molecule has 0 aliphatic heterocycles. The molecule has 0 radical (unpaired) electrons. The van der Waals surface area contributed by atoms with E-state index in [0.29, 0.717) is 13.0 Å². The second-order valence-corrected chi connectivity index (χ2v) is 5.60. The van der Waals surface area contributed by atoms with Crippen molar-refractivity contribution < 1.29 is 13.2 Å². The Labute approximate surface area is 80.4 Å². The summed E-state index contributed by atoms with van der Waals surface area (Å²) in [6, 6.07) is 0.0320. The Morgan fingerprint density at radius 1 is 1.38 bits per heavy atom. The lowest BCUT2D eigenvalue weighted by molar-refractivity contribution is 0.176. The maximum atomic E-state index is 10.7. The number of unbranched alkanes of at least 4 members (excludes halogenated alkanes) is 1. The van der Waals surface area contributed by atoms with Crippen LogP contribution in [-0.2, 0) is 14.6 Å². The van der Waals surface area contributed by atoms with Gasteiger partial charge in [-0.05, 0) is 12.8 Å². The van der Waals surface area contributed by atoms with Crippen molar-refractivity contribution in [1.82, 2.24) is 0 Å². The smallest absolute Gasteiger partial charge is 0.147 e. The second kappa shape index (κ2) is 6.34. The molecule has 0 aromatic heterocycles. The Bertz CT molecular complexity index is 213. The standard InChI is InChI=1S/C8H19NO3S/c1-12-7-8(9)5-3-4-6-13(2,10)11/h8H,3-7,9H2,1-2H3. The van der Waals surface area contributed by atoms with Gasteiger partial charge in [0.25, 0.3) is 0 Å². The quantitative estimate of drug-likeness (QED) is 0.607. The van der Waals surface area contributed by atoms with Crippen LogP contribution in [0.4, 0.5) is 0 Å². The molecule has 0 aromatic carbocycles. The van der Waals surface area contributed by atoms with Crippen molar-refractivity contribution in [2.24, 2.45) is 5.73 Å². The molecule has 0 spiro atoms. The third kappa shape index (κ3) is 9.79. The van der Waals surface area contributed by atoms with Crippen LogP contribution >= 0.6 is 0 Å². The maximum absolute atomic E-state index is 10.7. The third-order valence-corrected chi connectivity index (χ3v) is 2.75. The van der Waals surface area contributed by atoms with Gasteiger partial charge in [-0.15, -0.1) is 0 Å². The van der Waals surface area contributed by atoms with E-state index >= 15 is 0 Å². The molecule has 0 fully saturated rings. The van der Waals surface area contributed by atoms with Gasteiger partial charge < -0.3 is 10.5 Å². The predicted molar refractivity (Wildman–Crippen MR) is 53.4 cm³/mol. The van der Waals surface area contributed by atoms with E-state index in [1.165, 1.54) is 6.26 Å². The first kappa shape index (κ1) is 12.9. The van der Waals surface area contributed by atoms with E-state index in [0.717, 1.165) is 12.8 Å². The van der Waals surface area contributed by atoms with Gasteiger partial charge >= 0.3 is 0 Å². The van der Waals surface area contributed by atoms with E-state index in [4.69, 9.17) is 10.5 Å². The highest BCUT2D eigenvalue weighted by Crippen LogP contribution is 2.01. The number of nitrogens with two attached hydrogens (primary N) is 1. The van der Waals surface area contributed by atoms with E-state index < -0.39 is 9.84 Å². The Morgan fingerprint density at radius 3 is 2.46 bits per heavy atom. The number of hydrogen-bond donors (Lipinski definition) is 1. The van der Waals surface area contributed by atoms with E-state index in [1.54, 1.807) is 7.11 Å². The van der Waals surface area contributed by atoms with Crippen molar-refractivity contribution in [1.29, 1.82) is 0 Å². The van der Waals surface area contributed by atoms with Gasteiger partial charge in [-0.2, -0.15) is 0 Å². The topological polar surface area (TPSA) is 69.4 Å². The van der Waals surface area contributed by atoms with Gasteiger partial charge in [0, 0.05) is 25.2 Å². The van der Waals surface area contributed by atoms with Crippen molar-refractivity contribution >= 4 is 9.84 Å². The van der Waals surface area contributed by atoms with Crippen molar-refractivity contribution in [3.05, 3.63) is 0 Å². The number of rotatable bonds is 7. The molecule has 0 amide bonds. The minimum Gasteiger partial charge on any atom is -0.383 e. The minimum atomic E-state index is -2.81. The van der Waals surface area contributed by atoms with E-state index in [9.17, 15) is 8.42 Å². The molecule has 4 nitrogen and oxygen atoms in total. The highest BCUT2D eigenvalue weighted by Gasteiger charge is 2.04. The Morgan fingerprint density at radius 2 is 2.00 bits per heavy atom. The molecule has 0 aliphatic carbocycles. The molecule has 0 aliphatic rings. The van der Waals surface area contributed by atoms with Crippen molar-refractivity contribution in [3.63, 3.8) is 0 Å².